The predicted molar refractivity (Wildman–Crippen MR) is 60.0 cm³/mol. The largest absolute Gasteiger partial charge is 0.466 e. The van der Waals surface area contributed by atoms with Gasteiger partial charge in [0.15, 0.2) is 5.79 Å². The van der Waals surface area contributed by atoms with Gasteiger partial charge in [0.25, 0.3) is 0 Å². The molecular weight excluding hydrogens is 208 g/mol. The quantitative estimate of drug-likeness (QED) is 0.695. The van der Waals surface area contributed by atoms with Crippen molar-refractivity contribution in [1.82, 2.24) is 0 Å². The Bertz CT molecular complexity index is 237. The van der Waals surface area contributed by atoms with Crippen molar-refractivity contribution in [1.29, 1.82) is 0 Å². The van der Waals surface area contributed by atoms with E-state index in [0.717, 1.165) is 12.8 Å². The van der Waals surface area contributed by atoms with Crippen molar-refractivity contribution in [2.24, 2.45) is 0 Å². The summed E-state index contributed by atoms with van der Waals surface area (Å²) in [5.41, 5.74) is 0. The van der Waals surface area contributed by atoms with E-state index in [1.807, 2.05) is 20.8 Å². The van der Waals surface area contributed by atoms with E-state index in [0.29, 0.717) is 13.0 Å². The van der Waals surface area contributed by atoms with Crippen LogP contribution in [-0.4, -0.2) is 30.6 Å². The maximum Gasteiger partial charge on any atom is 0.308 e. The van der Waals surface area contributed by atoms with Crippen LogP contribution in [0.15, 0.2) is 0 Å². The Morgan fingerprint density at radius 1 is 1.31 bits per heavy atom. The lowest BCUT2D eigenvalue weighted by Gasteiger charge is -2.40. The molecule has 0 aromatic heterocycles. The molecule has 4 nitrogen and oxygen atoms in total. The summed E-state index contributed by atoms with van der Waals surface area (Å²) < 4.78 is 16.3. The molecule has 0 amide bonds. The maximum atomic E-state index is 11.4. The Balaban J connectivity index is 2.50. The maximum absolute atomic E-state index is 11.4. The van der Waals surface area contributed by atoms with Crippen molar-refractivity contribution in [3.8, 4) is 0 Å². The summed E-state index contributed by atoms with van der Waals surface area (Å²) in [4.78, 5) is 11.4. The van der Waals surface area contributed by atoms with Gasteiger partial charge in [-0.25, -0.2) is 0 Å². The topological polar surface area (TPSA) is 44.8 Å². The third-order valence-electron chi connectivity index (χ3n) is 2.58. The van der Waals surface area contributed by atoms with E-state index in [1.54, 1.807) is 0 Å². The average Bonchev–Trinajstić information content (AvgIpc) is 2.15. The minimum atomic E-state index is -0.601. The zero-order valence-corrected chi connectivity index (χ0v) is 10.6. The van der Waals surface area contributed by atoms with Crippen molar-refractivity contribution in [3.63, 3.8) is 0 Å². The average molecular weight is 230 g/mol. The number of rotatable bonds is 4. The Morgan fingerprint density at radius 2 is 1.94 bits per heavy atom. The highest BCUT2D eigenvalue weighted by Crippen LogP contribution is 2.29. The number of hydrogen-bond acceptors (Lipinski definition) is 4. The number of ether oxygens (including phenoxy) is 3. The number of carbonyl (C=O) groups excluding carboxylic acids is 1. The third kappa shape index (κ3) is 4.10. The van der Waals surface area contributed by atoms with Gasteiger partial charge in [0.1, 0.15) is 0 Å². The smallest absolute Gasteiger partial charge is 0.308 e. The Kier molecular flexibility index (Phi) is 4.74. The molecule has 0 spiro atoms. The van der Waals surface area contributed by atoms with Crippen molar-refractivity contribution in [2.45, 2.75) is 65.0 Å². The van der Waals surface area contributed by atoms with E-state index < -0.39 is 5.79 Å². The van der Waals surface area contributed by atoms with Crippen LogP contribution in [0.2, 0.25) is 0 Å². The second kappa shape index (κ2) is 5.64. The summed E-state index contributed by atoms with van der Waals surface area (Å²) in [5.74, 6) is -0.795. The molecule has 0 saturated carbocycles. The fourth-order valence-electron chi connectivity index (χ4n) is 2.00. The van der Waals surface area contributed by atoms with Crippen molar-refractivity contribution in [3.05, 3.63) is 0 Å². The van der Waals surface area contributed by atoms with Crippen LogP contribution >= 0.6 is 0 Å². The van der Waals surface area contributed by atoms with Crippen LogP contribution in [0.25, 0.3) is 0 Å². The molecule has 0 N–H and O–H groups in total. The summed E-state index contributed by atoms with van der Waals surface area (Å²) in [6, 6.07) is 0. The number of carbonyl (C=O) groups is 1. The molecule has 1 aliphatic rings. The van der Waals surface area contributed by atoms with Crippen LogP contribution in [0.4, 0.5) is 0 Å². The predicted octanol–water partition coefficient (Wildman–Crippen LogP) is 2.26. The SMILES string of the molecule is CCOC(=O)C[C@H]1C[C@@H](CC)OC(C)(C)O1. The first kappa shape index (κ1) is 13.5. The van der Waals surface area contributed by atoms with Gasteiger partial charge in [-0.2, -0.15) is 0 Å². The van der Waals surface area contributed by atoms with Gasteiger partial charge in [0.05, 0.1) is 25.2 Å². The Hall–Kier alpha value is -0.610. The van der Waals surface area contributed by atoms with E-state index >= 15 is 0 Å². The van der Waals surface area contributed by atoms with Gasteiger partial charge >= 0.3 is 5.97 Å². The van der Waals surface area contributed by atoms with Gasteiger partial charge in [-0.05, 0) is 27.2 Å². The van der Waals surface area contributed by atoms with E-state index in [4.69, 9.17) is 14.2 Å². The van der Waals surface area contributed by atoms with E-state index in [9.17, 15) is 4.79 Å². The van der Waals surface area contributed by atoms with E-state index in [1.165, 1.54) is 0 Å². The van der Waals surface area contributed by atoms with Crippen molar-refractivity contribution >= 4 is 5.97 Å². The molecule has 0 bridgehead atoms. The molecule has 1 fully saturated rings. The molecule has 1 rings (SSSR count). The summed E-state index contributed by atoms with van der Waals surface area (Å²) in [6.45, 7) is 8.07. The standard InChI is InChI=1S/C12H22O4/c1-5-9-7-10(8-11(13)14-6-2)16-12(3,4)15-9/h9-10H,5-8H2,1-4H3/t9-,10-/m1/s1. The van der Waals surface area contributed by atoms with Gasteiger partial charge in [0, 0.05) is 6.42 Å². The van der Waals surface area contributed by atoms with Crippen molar-refractivity contribution < 1.29 is 19.0 Å². The molecule has 16 heavy (non-hydrogen) atoms. The van der Waals surface area contributed by atoms with E-state index in [2.05, 4.69) is 6.92 Å². The molecule has 2 atom stereocenters. The van der Waals surface area contributed by atoms with Crippen LogP contribution in [0.3, 0.4) is 0 Å². The molecule has 1 heterocycles. The first-order chi connectivity index (χ1) is 7.46. The lowest BCUT2D eigenvalue weighted by molar-refractivity contribution is -0.299. The number of hydrogen-bond donors (Lipinski definition) is 0. The van der Waals surface area contributed by atoms with Crippen LogP contribution in [0.1, 0.15) is 47.0 Å². The van der Waals surface area contributed by atoms with Crippen LogP contribution < -0.4 is 0 Å². The second-order valence-corrected chi connectivity index (χ2v) is 4.53. The Morgan fingerprint density at radius 3 is 2.50 bits per heavy atom. The monoisotopic (exact) mass is 230 g/mol. The zero-order chi connectivity index (χ0) is 12.2. The molecule has 4 heteroatoms. The molecule has 1 saturated heterocycles. The van der Waals surface area contributed by atoms with Crippen LogP contribution in [-0.2, 0) is 19.0 Å². The molecular formula is C12H22O4. The molecule has 0 aromatic carbocycles. The lowest BCUT2D eigenvalue weighted by Crippen LogP contribution is -2.45. The van der Waals surface area contributed by atoms with Gasteiger partial charge in [0.2, 0.25) is 0 Å². The molecule has 0 aliphatic carbocycles. The van der Waals surface area contributed by atoms with Crippen LogP contribution in [0, 0.1) is 0 Å². The highest BCUT2D eigenvalue weighted by Gasteiger charge is 2.35. The highest BCUT2D eigenvalue weighted by molar-refractivity contribution is 5.69. The summed E-state index contributed by atoms with van der Waals surface area (Å²) in [6.07, 6.45) is 2.10. The molecule has 0 aromatic rings. The first-order valence-corrected chi connectivity index (χ1v) is 5.98. The zero-order valence-electron chi connectivity index (χ0n) is 10.6. The summed E-state index contributed by atoms with van der Waals surface area (Å²) in [7, 11) is 0. The summed E-state index contributed by atoms with van der Waals surface area (Å²) in [5, 5.41) is 0. The van der Waals surface area contributed by atoms with Gasteiger partial charge < -0.3 is 14.2 Å². The lowest BCUT2D eigenvalue weighted by atomic mass is 10.0. The second-order valence-electron chi connectivity index (χ2n) is 4.53. The fourth-order valence-corrected chi connectivity index (χ4v) is 2.00. The molecule has 94 valence electrons. The fraction of sp³-hybridized carbons (Fsp3) is 0.917. The van der Waals surface area contributed by atoms with Gasteiger partial charge in [-0.1, -0.05) is 6.92 Å². The summed E-state index contributed by atoms with van der Waals surface area (Å²) >= 11 is 0. The minimum absolute atomic E-state index is 0.0900. The molecule has 1 aliphatic heterocycles. The van der Waals surface area contributed by atoms with Gasteiger partial charge in [-0.15, -0.1) is 0 Å². The Labute approximate surface area is 97.2 Å². The minimum Gasteiger partial charge on any atom is -0.466 e. The van der Waals surface area contributed by atoms with Crippen molar-refractivity contribution in [2.75, 3.05) is 6.61 Å². The van der Waals surface area contributed by atoms with E-state index in [-0.39, 0.29) is 18.2 Å². The van der Waals surface area contributed by atoms with Gasteiger partial charge in [-0.3, -0.25) is 4.79 Å². The first-order valence-electron chi connectivity index (χ1n) is 5.98. The normalized spacial score (nSPS) is 28.8. The molecule has 0 unspecified atom stereocenters. The molecule has 0 radical (unpaired) electrons. The third-order valence-corrected chi connectivity index (χ3v) is 2.58. The number of esters is 1. The highest BCUT2D eigenvalue weighted by atomic mass is 16.7. The van der Waals surface area contributed by atoms with Crippen LogP contribution in [0.5, 0.6) is 0 Å².